The van der Waals surface area contributed by atoms with E-state index in [2.05, 4.69) is 47.6 Å². The summed E-state index contributed by atoms with van der Waals surface area (Å²) in [6.07, 6.45) is 3.59. The second kappa shape index (κ2) is 21.2. The number of aryl methyl sites for hydroxylation is 1. The molecular formula is C47H49AuN2O5. The van der Waals surface area contributed by atoms with E-state index in [9.17, 15) is 24.3 Å². The first-order valence-corrected chi connectivity index (χ1v) is 18.7. The average Bonchev–Trinajstić information content (AvgIpc) is 3.20. The Balaban J connectivity index is 0.00000673. The summed E-state index contributed by atoms with van der Waals surface area (Å²) in [7, 11) is 0. The first-order valence-electron chi connectivity index (χ1n) is 18.7. The second-order valence-corrected chi connectivity index (χ2v) is 14.1. The second-order valence-electron chi connectivity index (χ2n) is 14.1. The molecule has 0 unspecified atom stereocenters. The molecule has 5 aromatic rings. The number of ketones is 2. The van der Waals surface area contributed by atoms with Crippen LogP contribution in [0.2, 0.25) is 0 Å². The molecule has 0 aliphatic rings. The van der Waals surface area contributed by atoms with Crippen molar-refractivity contribution < 1.29 is 46.7 Å². The number of benzene rings is 5. The van der Waals surface area contributed by atoms with Crippen LogP contribution in [0, 0.1) is 5.92 Å². The van der Waals surface area contributed by atoms with Gasteiger partial charge in [-0.25, -0.2) is 0 Å². The minimum atomic E-state index is -1.48. The third-order valence-corrected chi connectivity index (χ3v) is 10.2. The summed E-state index contributed by atoms with van der Waals surface area (Å²) in [6.45, 7) is 3.30. The maximum atomic E-state index is 14.2. The van der Waals surface area contributed by atoms with Crippen LogP contribution in [0.15, 0.2) is 140 Å². The number of amides is 1. The van der Waals surface area contributed by atoms with Gasteiger partial charge in [-0.05, 0) is 72.1 Å². The molecule has 0 saturated heterocycles. The minimum Gasteiger partial charge on any atom is -0.541 e. The van der Waals surface area contributed by atoms with Crippen LogP contribution < -0.4 is 10.6 Å². The van der Waals surface area contributed by atoms with Crippen LogP contribution in [-0.4, -0.2) is 34.5 Å². The molecule has 3 N–H and O–H groups in total. The Morgan fingerprint density at radius 2 is 1.27 bits per heavy atom. The van der Waals surface area contributed by atoms with Gasteiger partial charge in [-0.15, -0.1) is 0 Å². The number of hydrogen-bond donors (Lipinski definition) is 2. The first-order chi connectivity index (χ1) is 26.2. The van der Waals surface area contributed by atoms with Gasteiger partial charge in [0, 0.05) is 42.7 Å². The predicted octanol–water partition coefficient (Wildman–Crippen LogP) is 8.59. The van der Waals surface area contributed by atoms with E-state index in [4.69, 9.17) is 5.73 Å². The van der Waals surface area contributed by atoms with Gasteiger partial charge < -0.3 is 25.3 Å². The number of carbonyl (C=O) groups is 3. The molecule has 7 nitrogen and oxygen atoms in total. The van der Waals surface area contributed by atoms with Gasteiger partial charge in [-0.2, -0.15) is 0 Å². The van der Waals surface area contributed by atoms with Crippen LogP contribution in [0.3, 0.4) is 0 Å². The zero-order chi connectivity index (χ0) is 38.3. The number of nitrogens with zero attached hydrogens (tertiary/aromatic N) is 1. The molecule has 8 heteroatoms. The Morgan fingerprint density at radius 3 is 1.82 bits per heavy atom. The van der Waals surface area contributed by atoms with Gasteiger partial charge >= 0.3 is 22.4 Å². The molecule has 0 radical (unpaired) electrons. The van der Waals surface area contributed by atoms with Crippen LogP contribution in [0.1, 0.15) is 94.3 Å². The number of primary amides is 1. The molecule has 0 aromatic heterocycles. The molecule has 0 heterocycles. The van der Waals surface area contributed by atoms with E-state index in [1.165, 1.54) is 6.07 Å². The molecule has 5 rings (SSSR count). The van der Waals surface area contributed by atoms with Crippen molar-refractivity contribution in [3.63, 3.8) is 0 Å². The molecule has 1 amide bonds. The standard InChI is InChI=1S/C47H49N2O5.Au/c1-2-40(38-22-14-23-39(30-38)49(32-36-18-8-4-9-19-36)33-37-20-10-5-11-21-37)43(34-50)45(52)31-47(54,29-27-35-16-6-3-7-17-35)28-15-26-44(51)41-24-12-13-25-42(41)46(48)53;/h3-14,16-25,30,40,43,54H,2,15,26-29,31-33H2,1H3,(H2,48,53);/q-1;+1/t40-,43+,47-;/m1./s1. The Kier molecular flexibility index (Phi) is 16.5. The van der Waals surface area contributed by atoms with Gasteiger partial charge in [0.1, 0.15) is 5.78 Å². The fourth-order valence-electron chi connectivity index (χ4n) is 7.25. The van der Waals surface area contributed by atoms with Gasteiger partial charge in [0.2, 0.25) is 5.91 Å². The van der Waals surface area contributed by atoms with Crippen molar-refractivity contribution in [3.05, 3.63) is 173 Å². The smallest absolute Gasteiger partial charge is 0.541 e. The molecule has 0 fully saturated rings. The molecule has 0 bridgehead atoms. The monoisotopic (exact) mass is 918 g/mol. The SMILES string of the molecule is CC[C@H](c1cccc(N(Cc2ccccc2)Cc2ccccc2)c1)[C@H]([C-]=O)C(=O)C[C@@](O)(CCCC(=O)c1ccccc1C(N)=O)CCc1ccccc1.[Au+]. The van der Waals surface area contributed by atoms with Crippen molar-refractivity contribution in [3.8, 4) is 0 Å². The summed E-state index contributed by atoms with van der Waals surface area (Å²) < 4.78 is 0. The molecule has 5 aromatic carbocycles. The molecule has 3 atom stereocenters. The maximum Gasteiger partial charge on any atom is 1.00 e. The predicted molar refractivity (Wildman–Crippen MR) is 214 cm³/mol. The normalized spacial score (nSPS) is 13.1. The number of anilines is 1. The van der Waals surface area contributed by atoms with Crippen LogP contribution in [-0.2, 0) is 51.5 Å². The fraction of sp³-hybridized carbons (Fsp3) is 0.277. The Labute approximate surface area is 340 Å². The minimum absolute atomic E-state index is 0. The van der Waals surface area contributed by atoms with Gasteiger partial charge in [-0.1, -0.05) is 141 Å². The van der Waals surface area contributed by atoms with Gasteiger partial charge in [0.25, 0.3) is 0 Å². The third kappa shape index (κ3) is 12.3. The largest absolute Gasteiger partial charge is 1.00 e. The van der Waals surface area contributed by atoms with Crippen molar-refractivity contribution in [1.29, 1.82) is 0 Å². The molecular weight excluding hydrogens is 869 g/mol. The first kappa shape index (κ1) is 42.8. The van der Waals surface area contributed by atoms with Crippen molar-refractivity contribution in [2.75, 3.05) is 4.90 Å². The van der Waals surface area contributed by atoms with E-state index in [-0.39, 0.29) is 77.2 Å². The van der Waals surface area contributed by atoms with Crippen LogP contribution in [0.4, 0.5) is 5.69 Å². The van der Waals surface area contributed by atoms with Crippen molar-refractivity contribution in [2.45, 2.75) is 76.5 Å². The molecule has 0 aliphatic carbocycles. The summed E-state index contributed by atoms with van der Waals surface area (Å²) >= 11 is 0. The zero-order valence-electron chi connectivity index (χ0n) is 31.2. The number of Topliss-reactive ketones (excluding diaryl/α,β-unsaturated/α-hetero) is 2. The molecule has 288 valence electrons. The van der Waals surface area contributed by atoms with Crippen molar-refractivity contribution in [2.24, 2.45) is 11.7 Å². The van der Waals surface area contributed by atoms with Gasteiger partial charge in [-0.3, -0.25) is 15.9 Å². The van der Waals surface area contributed by atoms with E-state index >= 15 is 0 Å². The number of rotatable bonds is 21. The van der Waals surface area contributed by atoms with Crippen molar-refractivity contribution >= 4 is 29.4 Å². The van der Waals surface area contributed by atoms with Gasteiger partial charge in [0.05, 0.1) is 5.60 Å². The number of carbonyl (C=O) groups excluding carboxylic acids is 4. The van der Waals surface area contributed by atoms with E-state index in [0.717, 1.165) is 27.9 Å². The molecule has 0 saturated carbocycles. The van der Waals surface area contributed by atoms with Crippen LogP contribution in [0.5, 0.6) is 0 Å². The summed E-state index contributed by atoms with van der Waals surface area (Å²) in [6, 6.07) is 44.6. The quantitative estimate of drug-likeness (QED) is 0.0330. The summed E-state index contributed by atoms with van der Waals surface area (Å²) in [5, 5.41) is 12.1. The van der Waals surface area contributed by atoms with E-state index < -0.39 is 23.3 Å². The summed E-state index contributed by atoms with van der Waals surface area (Å²) in [5.41, 5.74) is 9.57. The molecule has 0 aliphatic heterocycles. The van der Waals surface area contributed by atoms with E-state index in [1.54, 1.807) is 18.2 Å². The topological polar surface area (TPSA) is 118 Å². The van der Waals surface area contributed by atoms with E-state index in [0.29, 0.717) is 25.9 Å². The van der Waals surface area contributed by atoms with E-state index in [1.807, 2.05) is 85.8 Å². The number of nitrogens with two attached hydrogens (primary N) is 1. The van der Waals surface area contributed by atoms with Gasteiger partial charge in [0.15, 0.2) is 5.78 Å². The Hall–Kier alpha value is -4.92. The molecule has 0 spiro atoms. The Morgan fingerprint density at radius 1 is 0.727 bits per heavy atom. The maximum absolute atomic E-state index is 14.2. The van der Waals surface area contributed by atoms with Crippen LogP contribution >= 0.6 is 0 Å². The molecule has 55 heavy (non-hydrogen) atoms. The number of aliphatic hydroxyl groups is 1. The zero-order valence-corrected chi connectivity index (χ0v) is 33.4. The number of hydrogen-bond acceptors (Lipinski definition) is 6. The fourth-order valence-corrected chi connectivity index (χ4v) is 7.25. The van der Waals surface area contributed by atoms with Crippen molar-refractivity contribution in [1.82, 2.24) is 0 Å². The average molecular weight is 919 g/mol. The summed E-state index contributed by atoms with van der Waals surface area (Å²) in [4.78, 5) is 54.3. The summed E-state index contributed by atoms with van der Waals surface area (Å²) in [5.74, 6) is -2.87. The van der Waals surface area contributed by atoms with Crippen LogP contribution in [0.25, 0.3) is 0 Å². The third-order valence-electron chi connectivity index (χ3n) is 10.2. The Bertz CT molecular complexity index is 1950.